The van der Waals surface area contributed by atoms with Crippen LogP contribution in [0.25, 0.3) is 0 Å². The number of aromatic amines is 2. The maximum absolute atomic E-state index is 12.3. The third kappa shape index (κ3) is 2.84. The van der Waals surface area contributed by atoms with Crippen molar-refractivity contribution in [1.82, 2.24) is 25.5 Å². The summed E-state index contributed by atoms with van der Waals surface area (Å²) in [7, 11) is 0. The van der Waals surface area contributed by atoms with Crippen molar-refractivity contribution in [1.29, 1.82) is 0 Å². The predicted molar refractivity (Wildman–Crippen MR) is 67.8 cm³/mol. The minimum Gasteiger partial charge on any atom is -0.355 e. The Kier molecular flexibility index (Phi) is 4.00. The molecule has 2 heterocycles. The second-order valence-corrected chi connectivity index (χ2v) is 4.27. The van der Waals surface area contributed by atoms with E-state index < -0.39 is 11.7 Å². The van der Waals surface area contributed by atoms with Gasteiger partial charge in [0.2, 0.25) is 5.91 Å². The maximum atomic E-state index is 12.3. The zero-order valence-corrected chi connectivity index (χ0v) is 10.7. The van der Waals surface area contributed by atoms with Gasteiger partial charge >= 0.3 is 5.69 Å². The summed E-state index contributed by atoms with van der Waals surface area (Å²) in [6.07, 6.45) is 1.32. The number of amides is 2. The third-order valence-corrected chi connectivity index (χ3v) is 2.98. The second kappa shape index (κ2) is 5.70. The number of rotatable bonds is 3. The van der Waals surface area contributed by atoms with Crippen LogP contribution in [0, 0.1) is 0 Å². The number of imidazole rings is 1. The Bertz CT molecular complexity index is 520. The zero-order chi connectivity index (χ0) is 13.8. The molecule has 19 heavy (non-hydrogen) atoms. The van der Waals surface area contributed by atoms with Gasteiger partial charge in [0.1, 0.15) is 11.7 Å². The van der Waals surface area contributed by atoms with Gasteiger partial charge in [-0.05, 0) is 6.92 Å². The topological polar surface area (TPSA) is 110 Å². The lowest BCUT2D eigenvalue weighted by molar-refractivity contribution is -0.126. The van der Waals surface area contributed by atoms with Crippen LogP contribution < -0.4 is 16.3 Å². The van der Waals surface area contributed by atoms with Crippen molar-refractivity contribution < 1.29 is 9.59 Å². The summed E-state index contributed by atoms with van der Waals surface area (Å²) in [6, 6.07) is -0.556. The summed E-state index contributed by atoms with van der Waals surface area (Å²) in [5.74, 6) is -0.544. The molecule has 4 N–H and O–H groups in total. The molecule has 1 fully saturated rings. The van der Waals surface area contributed by atoms with Crippen LogP contribution in [-0.2, 0) is 4.79 Å². The number of carbonyl (C=O) groups excluding carboxylic acids is 2. The summed E-state index contributed by atoms with van der Waals surface area (Å²) >= 11 is 0. The van der Waals surface area contributed by atoms with Crippen molar-refractivity contribution in [3.8, 4) is 0 Å². The molecule has 1 aromatic heterocycles. The number of likely N-dealkylation sites (N-methyl/N-ethyl adjacent to an activating group) is 1. The van der Waals surface area contributed by atoms with Gasteiger partial charge in [-0.2, -0.15) is 0 Å². The molecular formula is C11H17N5O3. The first-order valence-electron chi connectivity index (χ1n) is 6.20. The zero-order valence-electron chi connectivity index (χ0n) is 10.7. The van der Waals surface area contributed by atoms with Crippen LogP contribution in [0.5, 0.6) is 0 Å². The average molecular weight is 267 g/mol. The highest BCUT2D eigenvalue weighted by Gasteiger charge is 2.32. The predicted octanol–water partition coefficient (Wildman–Crippen LogP) is -1.75. The highest BCUT2D eigenvalue weighted by atomic mass is 16.2. The van der Waals surface area contributed by atoms with Crippen molar-refractivity contribution in [2.24, 2.45) is 0 Å². The molecule has 8 heteroatoms. The highest BCUT2D eigenvalue weighted by molar-refractivity contribution is 5.96. The van der Waals surface area contributed by atoms with Gasteiger partial charge in [-0.25, -0.2) is 4.79 Å². The summed E-state index contributed by atoms with van der Waals surface area (Å²) in [5, 5.41) is 5.79. The third-order valence-electron chi connectivity index (χ3n) is 2.98. The smallest absolute Gasteiger partial charge is 0.323 e. The van der Waals surface area contributed by atoms with Gasteiger partial charge in [0.05, 0.1) is 0 Å². The molecule has 0 aliphatic carbocycles. The lowest BCUT2D eigenvalue weighted by Crippen LogP contribution is -2.59. The first-order valence-corrected chi connectivity index (χ1v) is 6.20. The second-order valence-electron chi connectivity index (χ2n) is 4.27. The fourth-order valence-electron chi connectivity index (χ4n) is 2.08. The lowest BCUT2D eigenvalue weighted by Gasteiger charge is -2.34. The number of hydrogen-bond acceptors (Lipinski definition) is 4. The number of nitrogens with one attached hydrogen (secondary N) is 4. The van der Waals surface area contributed by atoms with Gasteiger partial charge in [0.15, 0.2) is 0 Å². The van der Waals surface area contributed by atoms with Crippen molar-refractivity contribution in [3.63, 3.8) is 0 Å². The van der Waals surface area contributed by atoms with E-state index in [2.05, 4.69) is 20.6 Å². The standard InChI is InChI=1S/C11H17N5O3/c1-2-13-9(17)8-6-12-3-4-16(8)10(18)7-5-14-11(19)15-7/h5,8,12H,2-4,6H2,1H3,(H,13,17)(H2,14,15,19). The first kappa shape index (κ1) is 13.3. The molecule has 2 rings (SSSR count). The van der Waals surface area contributed by atoms with Crippen LogP contribution in [0.15, 0.2) is 11.0 Å². The van der Waals surface area contributed by atoms with Gasteiger partial charge in [-0.15, -0.1) is 0 Å². The number of carbonyl (C=O) groups is 2. The van der Waals surface area contributed by atoms with Crippen LogP contribution in [0.1, 0.15) is 17.4 Å². The summed E-state index contributed by atoms with van der Waals surface area (Å²) in [5.41, 5.74) is -0.269. The summed E-state index contributed by atoms with van der Waals surface area (Å²) < 4.78 is 0. The monoisotopic (exact) mass is 267 g/mol. The molecule has 0 saturated carbocycles. The fourth-order valence-corrected chi connectivity index (χ4v) is 2.08. The Morgan fingerprint density at radius 2 is 2.32 bits per heavy atom. The molecule has 1 aliphatic heterocycles. The Balaban J connectivity index is 2.17. The van der Waals surface area contributed by atoms with Crippen molar-refractivity contribution in [2.45, 2.75) is 13.0 Å². The highest BCUT2D eigenvalue weighted by Crippen LogP contribution is 2.08. The van der Waals surface area contributed by atoms with E-state index in [0.717, 1.165) is 0 Å². The van der Waals surface area contributed by atoms with Crippen molar-refractivity contribution >= 4 is 11.8 Å². The summed E-state index contributed by atoms with van der Waals surface area (Å²) in [6.45, 7) is 3.79. The summed E-state index contributed by atoms with van der Waals surface area (Å²) in [4.78, 5) is 41.5. The largest absolute Gasteiger partial charge is 0.355 e. The average Bonchev–Trinajstić information content (AvgIpc) is 2.85. The molecule has 8 nitrogen and oxygen atoms in total. The molecule has 1 saturated heterocycles. The van der Waals surface area contributed by atoms with Gasteiger partial charge < -0.3 is 25.5 Å². The molecule has 1 aromatic rings. The van der Waals surface area contributed by atoms with Gasteiger partial charge in [0.25, 0.3) is 5.91 Å². The Labute approximate surface area is 109 Å². The molecule has 0 aromatic carbocycles. The number of nitrogens with zero attached hydrogens (tertiary/aromatic N) is 1. The number of hydrogen-bond donors (Lipinski definition) is 4. The van der Waals surface area contributed by atoms with E-state index in [1.807, 2.05) is 6.92 Å². The maximum Gasteiger partial charge on any atom is 0.323 e. The SMILES string of the molecule is CCNC(=O)C1CNCCN1C(=O)c1c[nH]c(=O)[nH]1. The van der Waals surface area contributed by atoms with Gasteiger partial charge in [-0.1, -0.05) is 0 Å². The molecule has 1 atom stereocenters. The minimum absolute atomic E-state index is 0.168. The Hall–Kier alpha value is -2.09. The van der Waals surface area contributed by atoms with E-state index in [1.165, 1.54) is 11.1 Å². The van der Waals surface area contributed by atoms with Crippen molar-refractivity contribution in [3.05, 3.63) is 22.4 Å². The van der Waals surface area contributed by atoms with Crippen LogP contribution in [0.3, 0.4) is 0 Å². The van der Waals surface area contributed by atoms with E-state index in [4.69, 9.17) is 0 Å². The van der Waals surface area contributed by atoms with E-state index in [9.17, 15) is 14.4 Å². The number of aromatic nitrogens is 2. The molecule has 1 unspecified atom stereocenters. The van der Waals surface area contributed by atoms with Crippen LogP contribution >= 0.6 is 0 Å². The molecular weight excluding hydrogens is 250 g/mol. The molecule has 1 aliphatic rings. The number of H-pyrrole nitrogens is 2. The quantitative estimate of drug-likeness (QED) is 0.520. The van der Waals surface area contributed by atoms with Crippen LogP contribution in [0.2, 0.25) is 0 Å². The van der Waals surface area contributed by atoms with E-state index in [-0.39, 0.29) is 17.5 Å². The van der Waals surface area contributed by atoms with Crippen LogP contribution in [0.4, 0.5) is 0 Å². The minimum atomic E-state index is -0.556. The normalized spacial score (nSPS) is 19.2. The van der Waals surface area contributed by atoms with Crippen molar-refractivity contribution in [2.75, 3.05) is 26.2 Å². The van der Waals surface area contributed by atoms with Gasteiger partial charge in [-0.3, -0.25) is 9.59 Å². The molecule has 0 spiro atoms. The Morgan fingerprint density at radius 1 is 1.53 bits per heavy atom. The van der Waals surface area contributed by atoms with Crippen LogP contribution in [-0.4, -0.2) is 58.9 Å². The molecule has 2 amide bonds. The molecule has 0 bridgehead atoms. The van der Waals surface area contributed by atoms with E-state index in [1.54, 1.807) is 0 Å². The van der Waals surface area contributed by atoms with E-state index in [0.29, 0.717) is 26.2 Å². The first-order chi connectivity index (χ1) is 9.13. The molecule has 104 valence electrons. The lowest BCUT2D eigenvalue weighted by atomic mass is 10.1. The fraction of sp³-hybridized carbons (Fsp3) is 0.545. The van der Waals surface area contributed by atoms with E-state index >= 15 is 0 Å². The Morgan fingerprint density at radius 3 is 2.95 bits per heavy atom. The molecule has 0 radical (unpaired) electrons. The number of piperazine rings is 1. The van der Waals surface area contributed by atoms with Gasteiger partial charge in [0, 0.05) is 32.4 Å².